The van der Waals surface area contributed by atoms with Crippen LogP contribution in [0.4, 0.5) is 0 Å². The molecule has 3 heteroatoms. The van der Waals surface area contributed by atoms with Crippen LogP contribution in [0.25, 0.3) is 0 Å². The Bertz CT molecular complexity index is 15.5. The zero-order valence-electron chi connectivity index (χ0n) is 3.89. The van der Waals surface area contributed by atoms with Crippen LogP contribution in [0.3, 0.4) is 0 Å². The standard InChI is InChI=1S/C3H9N.H2I.H4Si/c1-4(2)3;;/h1-3H3;1H2;1H4/q;+1;. The minimum Gasteiger partial charge on any atom is -0.312 e. The number of nitrogens with zero attached hydrogens (tertiary/aromatic N) is 1. The van der Waals surface area contributed by atoms with Crippen LogP contribution in [-0.2, 0) is 0 Å². The van der Waals surface area contributed by atoms with E-state index in [1.807, 2.05) is 26.0 Å². The molecule has 0 atom stereocenters. The third-order valence-corrected chi connectivity index (χ3v) is 0. The molecule has 6 heavy (non-hydrogen) atoms. The van der Waals surface area contributed by atoms with Crippen molar-refractivity contribution in [2.24, 2.45) is 0 Å². The van der Waals surface area contributed by atoms with Gasteiger partial charge < -0.3 is 4.90 Å². The van der Waals surface area contributed by atoms with Gasteiger partial charge in [-0.2, -0.15) is 0 Å². The Morgan fingerprint density at radius 2 is 1.00 bits per heavy atom. The van der Waals surface area contributed by atoms with Crippen LogP contribution in [0.1, 0.15) is 0 Å². The third-order valence-electron chi connectivity index (χ3n) is 0. The Morgan fingerprint density at radius 1 is 1.00 bits per heavy atom. The van der Waals surface area contributed by atoms with E-state index in [4.69, 9.17) is 0 Å². The van der Waals surface area contributed by atoms with Crippen LogP contribution in [0.5, 0.6) is 0 Å². The highest BCUT2D eigenvalue weighted by Gasteiger charge is 1.58. The quantitative estimate of drug-likeness (QED) is 0.292. The van der Waals surface area contributed by atoms with E-state index in [1.54, 1.807) is 0 Å². The predicted octanol–water partition coefficient (Wildman–Crippen LogP) is -4.81. The van der Waals surface area contributed by atoms with Gasteiger partial charge in [0, 0.05) is 0 Å². The van der Waals surface area contributed by atoms with Gasteiger partial charge in [0.15, 0.2) is 0 Å². The van der Waals surface area contributed by atoms with Crippen molar-refractivity contribution in [2.45, 2.75) is 0 Å². The van der Waals surface area contributed by atoms with Crippen molar-refractivity contribution in [1.82, 2.24) is 4.90 Å². The number of halogens is 1. The van der Waals surface area contributed by atoms with E-state index in [9.17, 15) is 0 Å². The highest BCUT2D eigenvalue weighted by molar-refractivity contribution is 5.75. The molecular weight excluding hydrogens is 205 g/mol. The Hall–Kier alpha value is 0.907. The highest BCUT2D eigenvalue weighted by atomic mass is 127. The second-order valence-corrected chi connectivity index (χ2v) is 1.34. The average molecular weight is 220 g/mol. The summed E-state index contributed by atoms with van der Waals surface area (Å²) < 4.78 is 0. The highest BCUT2D eigenvalue weighted by Crippen LogP contribution is 1.47. The lowest BCUT2D eigenvalue weighted by molar-refractivity contribution is -0.00000127. The maximum atomic E-state index is 2.00. The van der Waals surface area contributed by atoms with Gasteiger partial charge in [-0.15, -0.1) is 0 Å². The minimum absolute atomic E-state index is 0. The molecule has 0 aliphatic heterocycles. The third kappa shape index (κ3) is 91.1. The van der Waals surface area contributed by atoms with E-state index in [1.165, 1.54) is 0 Å². The van der Waals surface area contributed by atoms with Crippen molar-refractivity contribution in [3.8, 4) is 0 Å². The Kier molecular flexibility index (Phi) is 24.5. The van der Waals surface area contributed by atoms with E-state index in [0.717, 1.165) is 0 Å². The molecule has 0 spiro atoms. The summed E-state index contributed by atoms with van der Waals surface area (Å²) in [7, 11) is 6.00. The van der Waals surface area contributed by atoms with Gasteiger partial charge in [-0.25, -0.2) is 0 Å². The summed E-state index contributed by atoms with van der Waals surface area (Å²) in [6.45, 7) is 0. The fourth-order valence-corrected chi connectivity index (χ4v) is 0. The first-order valence-electron chi connectivity index (χ1n) is 1.34. The van der Waals surface area contributed by atoms with Crippen molar-refractivity contribution in [1.29, 1.82) is 0 Å². The summed E-state index contributed by atoms with van der Waals surface area (Å²) in [5.41, 5.74) is 0. The lowest BCUT2D eigenvalue weighted by atomic mass is 11.0. The maximum Gasteiger partial charge on any atom is 0.235 e. The van der Waals surface area contributed by atoms with Gasteiger partial charge in [0.2, 0.25) is 24.0 Å². The van der Waals surface area contributed by atoms with Crippen LogP contribution in [0.2, 0.25) is 0 Å². The largest absolute Gasteiger partial charge is 0.312 e. The molecular formula is C3H15INSi+. The minimum atomic E-state index is 0. The molecule has 0 N–H and O–H groups in total. The molecule has 0 radical (unpaired) electrons. The zero-order chi connectivity index (χ0) is 3.58. The number of hydrogen-bond donors (Lipinski definition) is 0. The van der Waals surface area contributed by atoms with Gasteiger partial charge in [0.1, 0.15) is 0 Å². The van der Waals surface area contributed by atoms with Gasteiger partial charge >= 0.3 is 0 Å². The van der Waals surface area contributed by atoms with E-state index in [2.05, 4.69) is 0 Å². The molecule has 0 aromatic rings. The number of rotatable bonds is 0. The topological polar surface area (TPSA) is 3.24 Å². The van der Waals surface area contributed by atoms with E-state index < -0.39 is 0 Å². The Labute approximate surface area is 61.1 Å². The average Bonchev–Trinajstić information content (AvgIpc) is 0.811. The molecule has 0 rings (SSSR count). The molecule has 0 heterocycles. The molecule has 0 fully saturated rings. The molecule has 0 aromatic heterocycles. The van der Waals surface area contributed by atoms with Crippen molar-refractivity contribution in [2.75, 3.05) is 21.1 Å². The molecule has 0 bridgehead atoms. The summed E-state index contributed by atoms with van der Waals surface area (Å²) in [6.07, 6.45) is 0. The van der Waals surface area contributed by atoms with Crippen molar-refractivity contribution in [3.63, 3.8) is 0 Å². The van der Waals surface area contributed by atoms with E-state index >= 15 is 0 Å². The second kappa shape index (κ2) is 9.32. The molecule has 1 nitrogen and oxygen atoms in total. The van der Waals surface area contributed by atoms with Crippen molar-refractivity contribution in [3.05, 3.63) is 0 Å². The Balaban J connectivity index is -0.0000000450. The van der Waals surface area contributed by atoms with Crippen LogP contribution >= 0.6 is 0 Å². The zero-order valence-corrected chi connectivity index (χ0v) is 6.45. The summed E-state index contributed by atoms with van der Waals surface area (Å²) in [5, 5.41) is 0. The van der Waals surface area contributed by atoms with Gasteiger partial charge in [-0.3, -0.25) is 0 Å². The Morgan fingerprint density at radius 3 is 1.00 bits per heavy atom. The molecule has 0 saturated heterocycles. The molecule has 0 amide bonds. The summed E-state index contributed by atoms with van der Waals surface area (Å²) in [4.78, 5) is 2.00. The van der Waals surface area contributed by atoms with Gasteiger partial charge in [-0.1, -0.05) is 0 Å². The van der Waals surface area contributed by atoms with Crippen LogP contribution in [0.15, 0.2) is 0 Å². The van der Waals surface area contributed by atoms with Crippen molar-refractivity contribution >= 4 is 11.0 Å². The lowest BCUT2D eigenvalue weighted by Gasteiger charge is -1.90. The first-order chi connectivity index (χ1) is 1.73. The van der Waals surface area contributed by atoms with Crippen LogP contribution in [0, 0.1) is 0 Å². The summed E-state index contributed by atoms with van der Waals surface area (Å²) in [5.74, 6) is 0. The first-order valence-corrected chi connectivity index (χ1v) is 1.34. The predicted molar refractivity (Wildman–Crippen MR) is 33.7 cm³/mol. The van der Waals surface area contributed by atoms with Gasteiger partial charge in [0.05, 0.1) is 0 Å². The summed E-state index contributed by atoms with van der Waals surface area (Å²) >= 11 is 0. The fourth-order valence-electron chi connectivity index (χ4n) is 0. The SMILES string of the molecule is CN(C)C.[IH2+].[SiH4]. The molecule has 0 saturated carbocycles. The smallest absolute Gasteiger partial charge is 0.235 e. The molecule has 0 aliphatic rings. The summed E-state index contributed by atoms with van der Waals surface area (Å²) in [6, 6.07) is 0. The molecule has 42 valence electrons. The lowest BCUT2D eigenvalue weighted by Crippen LogP contribution is -3.00. The monoisotopic (exact) mass is 220 g/mol. The normalized spacial score (nSPS) is 6.00. The molecule has 0 unspecified atom stereocenters. The second-order valence-electron chi connectivity index (χ2n) is 1.34. The fraction of sp³-hybridized carbons (Fsp3) is 1.00. The van der Waals surface area contributed by atoms with Gasteiger partial charge in [-0.05, 0) is 32.1 Å². The van der Waals surface area contributed by atoms with Crippen molar-refractivity contribution < 1.29 is 24.0 Å². The van der Waals surface area contributed by atoms with Crippen LogP contribution < -0.4 is 24.0 Å². The maximum absolute atomic E-state index is 2.00. The molecule has 0 aromatic carbocycles. The number of hydrogen-bond acceptors (Lipinski definition) is 1. The van der Waals surface area contributed by atoms with E-state index in [0.29, 0.717) is 0 Å². The van der Waals surface area contributed by atoms with Crippen LogP contribution in [-0.4, -0.2) is 37.0 Å². The molecule has 0 aliphatic carbocycles. The first kappa shape index (κ1) is 15.8. The van der Waals surface area contributed by atoms with Gasteiger partial charge in [0.25, 0.3) is 0 Å². The van der Waals surface area contributed by atoms with E-state index in [-0.39, 0.29) is 34.9 Å².